The van der Waals surface area contributed by atoms with Gasteiger partial charge < -0.3 is 0 Å². The summed E-state index contributed by atoms with van der Waals surface area (Å²) in [5.41, 5.74) is 1.83. The molecule has 2 aromatic carbocycles. The summed E-state index contributed by atoms with van der Waals surface area (Å²) in [6.45, 7) is 5.99. The fraction of sp³-hybridized carbons (Fsp3) is 0.320. The maximum absolute atomic E-state index is 13.6. The molecule has 3 unspecified atom stereocenters. The van der Waals surface area contributed by atoms with E-state index in [0.29, 0.717) is 0 Å². The van der Waals surface area contributed by atoms with E-state index in [0.717, 1.165) is 36.3 Å². The van der Waals surface area contributed by atoms with Gasteiger partial charge in [-0.15, -0.1) is 0 Å². The van der Waals surface area contributed by atoms with Gasteiger partial charge in [0.1, 0.15) is 0 Å². The van der Waals surface area contributed by atoms with E-state index in [-0.39, 0.29) is 17.7 Å². The fourth-order valence-corrected chi connectivity index (χ4v) is 5.45. The molecule has 1 N–H and O–H groups in total. The summed E-state index contributed by atoms with van der Waals surface area (Å²) in [5, 5.41) is 4.37. The zero-order chi connectivity index (χ0) is 23.3. The summed E-state index contributed by atoms with van der Waals surface area (Å²) in [6, 6.07) is 11.4. The first-order valence-electron chi connectivity index (χ1n) is 10.4. The Kier molecular flexibility index (Phi) is 8.98. The first kappa shape index (κ1) is 25.4. The van der Waals surface area contributed by atoms with Gasteiger partial charge >= 0.3 is 207 Å². The molecule has 0 radical (unpaired) electrons. The minimum atomic E-state index is -0.729. The Bertz CT molecular complexity index is 1000. The summed E-state index contributed by atoms with van der Waals surface area (Å²) in [5.74, 6) is 1.48. The Balaban J connectivity index is 1.75. The molecule has 0 saturated carbocycles. The molecule has 7 heteroatoms. The van der Waals surface area contributed by atoms with Crippen LogP contribution in [0.1, 0.15) is 26.3 Å². The fourth-order valence-electron chi connectivity index (χ4n) is 3.59. The molecule has 0 aliphatic carbocycles. The number of allylic oxidation sites excluding steroid dienone is 2. The molecule has 170 valence electrons. The predicted octanol–water partition coefficient (Wildman–Crippen LogP) is 6.42. The molecule has 0 saturated heterocycles. The van der Waals surface area contributed by atoms with E-state index in [1.165, 1.54) is 42.6 Å². The van der Waals surface area contributed by atoms with Crippen molar-refractivity contribution in [2.75, 3.05) is 6.16 Å². The van der Waals surface area contributed by atoms with Crippen LogP contribution in [0.2, 0.25) is 5.02 Å². The van der Waals surface area contributed by atoms with Crippen molar-refractivity contribution < 1.29 is 32.9 Å². The molecule has 1 aliphatic rings. The summed E-state index contributed by atoms with van der Waals surface area (Å²) in [4.78, 5) is 0. The maximum atomic E-state index is 13.6. The van der Waals surface area contributed by atoms with Gasteiger partial charge in [0.05, 0.1) is 0 Å². The van der Waals surface area contributed by atoms with E-state index in [9.17, 15) is 8.78 Å². The summed E-state index contributed by atoms with van der Waals surface area (Å²) >= 11 is 7.29. The number of halogens is 3. The number of benzene rings is 2. The van der Waals surface area contributed by atoms with Crippen LogP contribution in [-0.2, 0) is 25.8 Å². The second-order valence-corrected chi connectivity index (χ2v) is 11.4. The van der Waals surface area contributed by atoms with Gasteiger partial charge in [0.2, 0.25) is 0 Å². The van der Waals surface area contributed by atoms with Crippen molar-refractivity contribution in [1.29, 1.82) is 0 Å². The van der Waals surface area contributed by atoms with Crippen LogP contribution in [-0.4, -0.2) is 21.8 Å². The van der Waals surface area contributed by atoms with Gasteiger partial charge in [0.25, 0.3) is 0 Å². The number of nitrogens with one attached hydrogen (secondary N) is 1. The van der Waals surface area contributed by atoms with Crippen LogP contribution in [0, 0.1) is 17.6 Å². The Morgan fingerprint density at radius 3 is 2.44 bits per heavy atom. The third-order valence-electron chi connectivity index (χ3n) is 5.33. The Labute approximate surface area is 206 Å². The molecule has 2 nitrogen and oxygen atoms in total. The number of hydrogen-bond acceptors (Lipinski definition) is 2. The zero-order valence-electron chi connectivity index (χ0n) is 18.3. The Hall–Kier alpha value is -1.18. The standard InChI is InChI=1S/C25H27ClF2NOP.W/c1-17(29-16-25(2,3)30-23-13-21(27)12-22(28)14-23)24(19-5-4-10-31-15-19)11-18-6-8-20(26)9-7-18;/h4-9,12-15,17,24,29,31H,10-11H2,1-3H3;. The van der Waals surface area contributed by atoms with Crippen molar-refractivity contribution in [1.82, 2.24) is 5.32 Å². The zero-order valence-corrected chi connectivity index (χ0v) is 23.0. The second-order valence-electron chi connectivity index (χ2n) is 8.37. The molecular weight excluding hydrogens is 619 g/mol. The normalized spacial score (nSPS) is 16.5. The molecule has 3 rings (SSSR count). The third kappa shape index (κ3) is 7.16. The summed E-state index contributed by atoms with van der Waals surface area (Å²) in [6.07, 6.45) is 6.45. The van der Waals surface area contributed by atoms with Gasteiger partial charge in [-0.05, 0) is 0 Å². The van der Waals surface area contributed by atoms with E-state index >= 15 is 0 Å². The van der Waals surface area contributed by atoms with E-state index < -0.39 is 17.2 Å². The Morgan fingerprint density at radius 1 is 1.19 bits per heavy atom. The number of rotatable bonds is 9. The molecule has 0 fully saturated rings. The first-order valence-corrected chi connectivity index (χ1v) is 13.6. The van der Waals surface area contributed by atoms with Crippen LogP contribution in [0.5, 0.6) is 5.75 Å². The third-order valence-corrected chi connectivity index (χ3v) is 8.78. The molecule has 2 aromatic rings. The van der Waals surface area contributed by atoms with Crippen molar-refractivity contribution in [3.63, 3.8) is 0 Å². The van der Waals surface area contributed by atoms with Gasteiger partial charge in [-0.2, -0.15) is 0 Å². The predicted molar refractivity (Wildman–Crippen MR) is 128 cm³/mol. The van der Waals surface area contributed by atoms with Crippen molar-refractivity contribution in [2.45, 2.75) is 38.8 Å². The van der Waals surface area contributed by atoms with E-state index in [4.69, 9.17) is 16.3 Å². The van der Waals surface area contributed by atoms with E-state index in [2.05, 4.69) is 42.3 Å². The van der Waals surface area contributed by atoms with Crippen molar-refractivity contribution in [3.8, 4) is 5.75 Å². The van der Waals surface area contributed by atoms with Gasteiger partial charge in [-0.3, -0.25) is 0 Å². The molecule has 3 atom stereocenters. The van der Waals surface area contributed by atoms with Crippen LogP contribution < -0.4 is 10.1 Å². The average molecular weight is 646 g/mol. The first-order chi connectivity index (χ1) is 15.1. The molecule has 1 aliphatic heterocycles. The second kappa shape index (κ2) is 11.3. The van der Waals surface area contributed by atoms with Crippen LogP contribution in [0.25, 0.3) is 0 Å². The number of ether oxygens (including phenoxy) is 1. The van der Waals surface area contributed by atoms with Crippen molar-refractivity contribution in [2.24, 2.45) is 5.92 Å². The van der Waals surface area contributed by atoms with Crippen molar-refractivity contribution in [3.05, 3.63) is 88.2 Å². The quantitative estimate of drug-likeness (QED) is 0.318. The molecule has 0 bridgehead atoms. The van der Waals surface area contributed by atoms with E-state index in [1.54, 1.807) is 0 Å². The summed E-state index contributed by atoms with van der Waals surface area (Å²) in [7, 11) is 0.795. The SMILES string of the molecule is CC(N[C](=[W])C(C)(C)Oc1cc(F)cc(F)c1)C(Cc1ccc(Cl)cc1)C1=CPCC=C1. The van der Waals surface area contributed by atoms with Crippen LogP contribution in [0.15, 0.2) is 66.0 Å². The molecular formula is C25H27ClF2NOPW. The van der Waals surface area contributed by atoms with Crippen molar-refractivity contribution >= 4 is 24.2 Å². The van der Waals surface area contributed by atoms with Crippen LogP contribution in [0.3, 0.4) is 0 Å². The van der Waals surface area contributed by atoms with Crippen LogP contribution >= 0.6 is 20.2 Å². The Morgan fingerprint density at radius 2 is 1.84 bits per heavy atom. The molecule has 1 heterocycles. The minimum absolute atomic E-state index is 0.129. The van der Waals surface area contributed by atoms with E-state index in [1.807, 2.05) is 26.0 Å². The molecule has 0 aromatic heterocycles. The monoisotopic (exact) mass is 645 g/mol. The topological polar surface area (TPSA) is 21.3 Å². The molecule has 0 spiro atoms. The van der Waals surface area contributed by atoms with Gasteiger partial charge in [0, 0.05) is 0 Å². The molecule has 0 amide bonds. The van der Waals surface area contributed by atoms with Gasteiger partial charge in [0.15, 0.2) is 0 Å². The summed E-state index contributed by atoms with van der Waals surface area (Å²) < 4.78 is 34.2. The van der Waals surface area contributed by atoms with Gasteiger partial charge in [-0.25, -0.2) is 0 Å². The average Bonchev–Trinajstić information content (AvgIpc) is 2.72. The number of hydrogen-bond donors (Lipinski definition) is 1. The van der Waals surface area contributed by atoms with Gasteiger partial charge in [-0.1, -0.05) is 0 Å². The molecule has 32 heavy (non-hydrogen) atoms. The van der Waals surface area contributed by atoms with Crippen LogP contribution in [0.4, 0.5) is 8.78 Å².